The van der Waals surface area contributed by atoms with Gasteiger partial charge in [-0.15, -0.1) is 0 Å². The number of ether oxygens (including phenoxy) is 2. The van der Waals surface area contributed by atoms with Gasteiger partial charge in [-0.25, -0.2) is 4.79 Å². The van der Waals surface area contributed by atoms with Crippen LogP contribution >= 0.6 is 0 Å². The number of benzene rings is 1. The number of methoxy groups -OCH3 is 1. The molecule has 80 valence electrons. The van der Waals surface area contributed by atoms with Gasteiger partial charge in [-0.05, 0) is 11.6 Å². The average molecular weight is 207 g/mol. The van der Waals surface area contributed by atoms with Crippen molar-refractivity contribution in [3.8, 4) is 5.75 Å². The van der Waals surface area contributed by atoms with Gasteiger partial charge in [0.05, 0.1) is 7.11 Å². The van der Waals surface area contributed by atoms with Crippen LogP contribution in [0.2, 0.25) is 0 Å². The van der Waals surface area contributed by atoms with Crippen molar-refractivity contribution >= 4 is 5.97 Å². The van der Waals surface area contributed by atoms with Gasteiger partial charge in [0.1, 0.15) is 12.4 Å². The number of esters is 1. The number of hydrogen-bond acceptors (Lipinski definition) is 4. The van der Waals surface area contributed by atoms with Crippen molar-refractivity contribution in [2.75, 3.05) is 13.7 Å². The Morgan fingerprint density at radius 2 is 2.27 bits per heavy atom. The van der Waals surface area contributed by atoms with Crippen LogP contribution in [0.15, 0.2) is 24.3 Å². The van der Waals surface area contributed by atoms with Gasteiger partial charge in [0.2, 0.25) is 0 Å². The molecule has 2 rings (SSSR count). The summed E-state index contributed by atoms with van der Waals surface area (Å²) in [5, 5.41) is 0. The molecule has 15 heavy (non-hydrogen) atoms. The molecule has 1 aliphatic rings. The van der Waals surface area contributed by atoms with Crippen LogP contribution < -0.4 is 10.5 Å². The van der Waals surface area contributed by atoms with Gasteiger partial charge >= 0.3 is 5.97 Å². The first-order valence-corrected chi connectivity index (χ1v) is 4.74. The van der Waals surface area contributed by atoms with E-state index in [1.807, 2.05) is 24.3 Å². The summed E-state index contributed by atoms with van der Waals surface area (Å²) in [5.74, 6) is 0.361. The summed E-state index contributed by atoms with van der Waals surface area (Å²) >= 11 is 0. The van der Waals surface area contributed by atoms with E-state index in [9.17, 15) is 4.79 Å². The van der Waals surface area contributed by atoms with Crippen LogP contribution in [0, 0.1) is 0 Å². The lowest BCUT2D eigenvalue weighted by atomic mass is 9.90. The predicted molar refractivity (Wildman–Crippen MR) is 54.6 cm³/mol. The maximum atomic E-state index is 11.5. The number of fused-ring (bicyclic) bond motifs is 1. The summed E-state index contributed by atoms with van der Waals surface area (Å²) < 4.78 is 10.1. The second-order valence-electron chi connectivity index (χ2n) is 3.72. The normalized spacial score (nSPS) is 23.9. The number of nitrogens with two attached hydrogens (primary N) is 1. The number of rotatable bonds is 1. The lowest BCUT2D eigenvalue weighted by Gasteiger charge is -2.31. The van der Waals surface area contributed by atoms with Crippen molar-refractivity contribution in [3.63, 3.8) is 0 Å². The molecule has 0 aromatic heterocycles. The van der Waals surface area contributed by atoms with Gasteiger partial charge < -0.3 is 15.2 Å². The summed E-state index contributed by atoms with van der Waals surface area (Å²) in [6, 6.07) is 7.55. The van der Waals surface area contributed by atoms with E-state index in [1.54, 1.807) is 0 Å². The summed E-state index contributed by atoms with van der Waals surface area (Å²) in [5.41, 5.74) is 5.82. The minimum Gasteiger partial charge on any atom is -0.491 e. The fraction of sp³-hybridized carbons (Fsp3) is 0.364. The third kappa shape index (κ3) is 1.68. The van der Waals surface area contributed by atoms with Gasteiger partial charge in [-0.1, -0.05) is 18.2 Å². The van der Waals surface area contributed by atoms with Gasteiger partial charge in [-0.3, -0.25) is 0 Å². The van der Waals surface area contributed by atoms with E-state index in [4.69, 9.17) is 10.5 Å². The van der Waals surface area contributed by atoms with E-state index in [1.165, 1.54) is 7.11 Å². The van der Waals surface area contributed by atoms with Gasteiger partial charge in [0.25, 0.3) is 0 Å². The molecule has 1 aliphatic heterocycles. The molecule has 0 saturated heterocycles. The van der Waals surface area contributed by atoms with Crippen molar-refractivity contribution in [2.45, 2.75) is 12.0 Å². The third-order valence-corrected chi connectivity index (χ3v) is 2.56. The molecule has 0 fully saturated rings. The van der Waals surface area contributed by atoms with E-state index in [-0.39, 0.29) is 6.61 Å². The molecular formula is C11H13NO3. The molecule has 1 atom stereocenters. The summed E-state index contributed by atoms with van der Waals surface area (Å²) in [4.78, 5) is 11.5. The van der Waals surface area contributed by atoms with Crippen LogP contribution in [0.4, 0.5) is 0 Å². The van der Waals surface area contributed by atoms with E-state index in [2.05, 4.69) is 4.74 Å². The Hall–Kier alpha value is -1.55. The molecule has 0 aliphatic carbocycles. The van der Waals surface area contributed by atoms with Gasteiger partial charge in [-0.2, -0.15) is 0 Å². The highest BCUT2D eigenvalue weighted by Crippen LogP contribution is 2.28. The molecule has 0 unspecified atom stereocenters. The summed E-state index contributed by atoms with van der Waals surface area (Å²) in [6.45, 7) is 0.163. The largest absolute Gasteiger partial charge is 0.491 e. The maximum Gasteiger partial charge on any atom is 0.329 e. The smallest absolute Gasteiger partial charge is 0.329 e. The van der Waals surface area contributed by atoms with Crippen molar-refractivity contribution in [1.82, 2.24) is 0 Å². The minimum atomic E-state index is -1.05. The van der Waals surface area contributed by atoms with Crippen LogP contribution in [0.5, 0.6) is 5.75 Å². The van der Waals surface area contributed by atoms with Crippen molar-refractivity contribution in [1.29, 1.82) is 0 Å². The number of carbonyl (C=O) groups is 1. The molecule has 0 amide bonds. The number of para-hydroxylation sites is 1. The molecule has 4 heteroatoms. The first-order chi connectivity index (χ1) is 7.15. The van der Waals surface area contributed by atoms with Crippen molar-refractivity contribution < 1.29 is 14.3 Å². The van der Waals surface area contributed by atoms with Crippen LogP contribution in [-0.2, 0) is 16.0 Å². The van der Waals surface area contributed by atoms with Gasteiger partial charge in [0.15, 0.2) is 5.54 Å². The lowest BCUT2D eigenvalue weighted by Crippen LogP contribution is -2.56. The zero-order chi connectivity index (χ0) is 10.9. The summed E-state index contributed by atoms with van der Waals surface area (Å²) in [6.07, 6.45) is 0.454. The molecule has 0 spiro atoms. The molecule has 1 heterocycles. The van der Waals surface area contributed by atoms with E-state index in [0.717, 1.165) is 11.3 Å². The second-order valence-corrected chi connectivity index (χ2v) is 3.72. The predicted octanol–water partition coefficient (Wildman–Crippen LogP) is 0.492. The van der Waals surface area contributed by atoms with Crippen LogP contribution in [0.1, 0.15) is 5.56 Å². The monoisotopic (exact) mass is 207 g/mol. The van der Waals surface area contributed by atoms with Crippen LogP contribution in [0.25, 0.3) is 0 Å². The summed E-state index contributed by atoms with van der Waals surface area (Å²) in [7, 11) is 1.33. The molecule has 0 bridgehead atoms. The highest BCUT2D eigenvalue weighted by molar-refractivity contribution is 5.81. The molecule has 1 aromatic carbocycles. The zero-order valence-electron chi connectivity index (χ0n) is 8.53. The Kier molecular flexibility index (Phi) is 2.36. The number of carbonyl (C=O) groups excluding carboxylic acids is 1. The molecule has 1 aromatic rings. The molecule has 4 nitrogen and oxygen atoms in total. The Balaban J connectivity index is 2.28. The SMILES string of the molecule is COC(=O)[C@@]1(N)COc2ccccc2C1. The Bertz CT molecular complexity index is 391. The highest BCUT2D eigenvalue weighted by atomic mass is 16.5. The van der Waals surface area contributed by atoms with Crippen LogP contribution in [0.3, 0.4) is 0 Å². The molecule has 0 radical (unpaired) electrons. The minimum absolute atomic E-state index is 0.163. The quantitative estimate of drug-likeness (QED) is 0.681. The fourth-order valence-corrected chi connectivity index (χ4v) is 1.72. The lowest BCUT2D eigenvalue weighted by molar-refractivity contribution is -0.148. The standard InChI is InChI=1S/C11H13NO3/c1-14-10(13)11(12)6-8-4-2-3-5-9(8)15-7-11/h2-5H,6-7,12H2,1H3/t11-/m0/s1. The molecule has 0 saturated carbocycles. The average Bonchev–Trinajstić information content (AvgIpc) is 2.27. The first-order valence-electron chi connectivity index (χ1n) is 4.74. The van der Waals surface area contributed by atoms with E-state index >= 15 is 0 Å². The Morgan fingerprint density at radius 3 is 3.00 bits per heavy atom. The van der Waals surface area contributed by atoms with E-state index < -0.39 is 11.5 Å². The van der Waals surface area contributed by atoms with Gasteiger partial charge in [0, 0.05) is 6.42 Å². The third-order valence-electron chi connectivity index (χ3n) is 2.56. The Labute approximate surface area is 88.0 Å². The molecular weight excluding hydrogens is 194 g/mol. The maximum absolute atomic E-state index is 11.5. The highest BCUT2D eigenvalue weighted by Gasteiger charge is 2.40. The van der Waals surface area contributed by atoms with E-state index in [0.29, 0.717) is 6.42 Å². The van der Waals surface area contributed by atoms with Crippen LogP contribution in [-0.4, -0.2) is 25.2 Å². The first kappa shape index (κ1) is 9.98. The topological polar surface area (TPSA) is 61.5 Å². The van der Waals surface area contributed by atoms with Crippen molar-refractivity contribution in [3.05, 3.63) is 29.8 Å². The Morgan fingerprint density at radius 1 is 1.53 bits per heavy atom. The zero-order valence-corrected chi connectivity index (χ0v) is 8.53. The second kappa shape index (κ2) is 3.55. The molecule has 2 N–H and O–H groups in total. The number of hydrogen-bond donors (Lipinski definition) is 1. The van der Waals surface area contributed by atoms with Crippen molar-refractivity contribution in [2.24, 2.45) is 5.73 Å². The fourth-order valence-electron chi connectivity index (χ4n) is 1.72.